The number of para-hydroxylation sites is 1. The fourth-order valence-corrected chi connectivity index (χ4v) is 5.85. The maximum Gasteiger partial charge on any atom is 0.259 e. The maximum absolute atomic E-state index is 13.9. The van der Waals surface area contributed by atoms with E-state index < -0.39 is 0 Å². The smallest absolute Gasteiger partial charge is 0.259 e. The van der Waals surface area contributed by atoms with Gasteiger partial charge in [-0.05, 0) is 73.9 Å². The third-order valence-electron chi connectivity index (χ3n) is 7.08. The van der Waals surface area contributed by atoms with E-state index in [2.05, 4.69) is 61.4 Å². The number of amides is 2. The molecule has 0 atom stereocenters. The molecule has 0 saturated carbocycles. The Labute approximate surface area is 234 Å². The number of nitrogens with zero attached hydrogens (tertiary/aromatic N) is 2. The summed E-state index contributed by atoms with van der Waals surface area (Å²) in [6, 6.07) is 29.9. The summed E-state index contributed by atoms with van der Waals surface area (Å²) in [6.45, 7) is 5.97. The van der Waals surface area contributed by atoms with Crippen LogP contribution in [0.5, 0.6) is 0 Å². The Balaban J connectivity index is 1.37. The summed E-state index contributed by atoms with van der Waals surface area (Å²) in [5, 5.41) is 3.06. The summed E-state index contributed by atoms with van der Waals surface area (Å²) in [5.74, 6) is -0.190. The predicted molar refractivity (Wildman–Crippen MR) is 160 cm³/mol. The Hall–Kier alpha value is -4.03. The second kappa shape index (κ2) is 11.8. The first-order valence-electron chi connectivity index (χ1n) is 13.2. The number of fused-ring (bicyclic) bond motifs is 2. The first-order chi connectivity index (χ1) is 18.9. The number of carbonyl (C=O) groups is 2. The average molecular weight is 536 g/mol. The molecule has 1 aliphatic heterocycles. The molecule has 0 unspecified atom stereocenters. The molecule has 0 spiro atoms. The van der Waals surface area contributed by atoms with Gasteiger partial charge in [0, 0.05) is 41.2 Å². The topological polar surface area (TPSA) is 52.7 Å². The third-order valence-corrected chi connectivity index (χ3v) is 8.22. The van der Waals surface area contributed by atoms with E-state index in [0.717, 1.165) is 50.8 Å². The average Bonchev–Trinajstić information content (AvgIpc) is 3.07. The molecule has 0 saturated heterocycles. The highest BCUT2D eigenvalue weighted by Crippen LogP contribution is 2.42. The fraction of sp³-hybridized carbons (Fsp3) is 0.212. The minimum Gasteiger partial charge on any atom is -0.375 e. The number of benzene rings is 4. The monoisotopic (exact) mass is 535 g/mol. The van der Waals surface area contributed by atoms with E-state index in [-0.39, 0.29) is 11.8 Å². The molecule has 0 bridgehead atoms. The molecule has 198 valence electrons. The zero-order valence-corrected chi connectivity index (χ0v) is 23.4. The van der Waals surface area contributed by atoms with Crippen molar-refractivity contribution in [3.63, 3.8) is 0 Å². The summed E-state index contributed by atoms with van der Waals surface area (Å²) in [7, 11) is 2.06. The van der Waals surface area contributed by atoms with Crippen molar-refractivity contribution in [2.24, 2.45) is 0 Å². The lowest BCUT2D eigenvalue weighted by atomic mass is 10.0. The lowest BCUT2D eigenvalue weighted by Crippen LogP contribution is -2.31. The molecule has 4 aromatic rings. The SMILES string of the molecule is Cc1ccc(C)c(CN2C(=O)c3ccccc3Sc3ccc(C(=O)NCCCN(C)c4ccccc4)cc32)c1. The third kappa shape index (κ3) is 6.02. The van der Waals surface area contributed by atoms with Crippen LogP contribution in [-0.4, -0.2) is 32.0 Å². The molecule has 2 amide bonds. The van der Waals surface area contributed by atoms with E-state index in [1.165, 1.54) is 0 Å². The van der Waals surface area contributed by atoms with Crippen LogP contribution in [0.2, 0.25) is 0 Å². The van der Waals surface area contributed by atoms with E-state index in [1.807, 2.05) is 65.6 Å². The van der Waals surface area contributed by atoms with Crippen molar-refractivity contribution >= 4 is 35.0 Å². The molecule has 4 aromatic carbocycles. The zero-order chi connectivity index (χ0) is 27.4. The molecule has 0 fully saturated rings. The molecular formula is C33H33N3O2S. The van der Waals surface area contributed by atoms with Crippen LogP contribution in [0.15, 0.2) is 101 Å². The molecular weight excluding hydrogens is 502 g/mol. The Morgan fingerprint density at radius 2 is 1.67 bits per heavy atom. The number of carbonyl (C=O) groups excluding carboxylic acids is 2. The number of hydrogen-bond donors (Lipinski definition) is 1. The molecule has 1 N–H and O–H groups in total. The molecule has 1 heterocycles. The number of nitrogens with one attached hydrogen (secondary N) is 1. The van der Waals surface area contributed by atoms with Crippen molar-refractivity contribution in [3.05, 3.63) is 119 Å². The van der Waals surface area contributed by atoms with E-state index in [9.17, 15) is 9.59 Å². The number of rotatable bonds is 8. The quantitative estimate of drug-likeness (QED) is 0.250. The summed E-state index contributed by atoms with van der Waals surface area (Å²) >= 11 is 1.57. The summed E-state index contributed by atoms with van der Waals surface area (Å²) in [4.78, 5) is 32.9. The van der Waals surface area contributed by atoms with Gasteiger partial charge in [-0.1, -0.05) is 65.9 Å². The minimum absolute atomic E-state index is 0.0562. The molecule has 0 radical (unpaired) electrons. The van der Waals surface area contributed by atoms with Gasteiger partial charge < -0.3 is 15.1 Å². The van der Waals surface area contributed by atoms with Gasteiger partial charge in [0.05, 0.1) is 17.8 Å². The molecule has 39 heavy (non-hydrogen) atoms. The van der Waals surface area contributed by atoms with Crippen molar-refractivity contribution in [2.75, 3.05) is 29.9 Å². The molecule has 5 nitrogen and oxygen atoms in total. The van der Waals surface area contributed by atoms with Crippen LogP contribution in [0, 0.1) is 13.8 Å². The van der Waals surface area contributed by atoms with Gasteiger partial charge in [0.2, 0.25) is 0 Å². The predicted octanol–water partition coefficient (Wildman–Crippen LogP) is 6.87. The van der Waals surface area contributed by atoms with Gasteiger partial charge in [-0.2, -0.15) is 0 Å². The Morgan fingerprint density at radius 1 is 0.897 bits per heavy atom. The van der Waals surface area contributed by atoms with Gasteiger partial charge in [-0.3, -0.25) is 9.59 Å². The van der Waals surface area contributed by atoms with Gasteiger partial charge in [-0.25, -0.2) is 0 Å². The van der Waals surface area contributed by atoms with Crippen LogP contribution >= 0.6 is 11.8 Å². The van der Waals surface area contributed by atoms with Gasteiger partial charge in [0.1, 0.15) is 0 Å². The number of anilines is 2. The van der Waals surface area contributed by atoms with Gasteiger partial charge in [0.25, 0.3) is 11.8 Å². The van der Waals surface area contributed by atoms with Gasteiger partial charge >= 0.3 is 0 Å². The van der Waals surface area contributed by atoms with E-state index in [1.54, 1.807) is 11.8 Å². The molecule has 6 heteroatoms. The Morgan fingerprint density at radius 3 is 2.49 bits per heavy atom. The summed E-state index contributed by atoms with van der Waals surface area (Å²) in [5.41, 5.74) is 6.53. The second-order valence-electron chi connectivity index (χ2n) is 9.97. The molecule has 0 aliphatic carbocycles. The van der Waals surface area contributed by atoms with Gasteiger partial charge in [0.15, 0.2) is 0 Å². The van der Waals surface area contributed by atoms with Crippen molar-refractivity contribution in [1.29, 1.82) is 0 Å². The highest BCUT2D eigenvalue weighted by atomic mass is 32.2. The highest BCUT2D eigenvalue weighted by Gasteiger charge is 2.28. The number of hydrogen-bond acceptors (Lipinski definition) is 4. The normalized spacial score (nSPS) is 12.4. The van der Waals surface area contributed by atoms with E-state index >= 15 is 0 Å². The van der Waals surface area contributed by atoms with E-state index in [4.69, 9.17) is 0 Å². The van der Waals surface area contributed by atoms with Crippen LogP contribution in [0.4, 0.5) is 11.4 Å². The second-order valence-corrected chi connectivity index (χ2v) is 11.1. The largest absolute Gasteiger partial charge is 0.375 e. The van der Waals surface area contributed by atoms with Crippen LogP contribution in [0.25, 0.3) is 0 Å². The van der Waals surface area contributed by atoms with Crippen molar-refractivity contribution < 1.29 is 9.59 Å². The standard InChI is InChI=1S/C33H33N3O2S/c1-23-14-15-24(2)26(20-23)22-36-29-21-25(16-17-31(29)39-30-13-8-7-12-28(30)33(36)38)32(37)34-18-9-19-35(3)27-10-5-4-6-11-27/h4-8,10-17,20-21H,9,18-19,22H2,1-3H3,(H,34,37). The number of aryl methyl sites for hydroxylation is 2. The fourth-order valence-electron chi connectivity index (χ4n) is 4.79. The molecule has 0 aromatic heterocycles. The van der Waals surface area contributed by atoms with E-state index in [0.29, 0.717) is 24.2 Å². The molecule has 5 rings (SSSR count). The summed E-state index contributed by atoms with van der Waals surface area (Å²) in [6.07, 6.45) is 0.824. The van der Waals surface area contributed by atoms with Crippen LogP contribution in [0.1, 0.15) is 43.8 Å². The first-order valence-corrected chi connectivity index (χ1v) is 14.1. The maximum atomic E-state index is 13.9. The Bertz CT molecular complexity index is 1500. The highest BCUT2D eigenvalue weighted by molar-refractivity contribution is 7.99. The first kappa shape index (κ1) is 26.6. The van der Waals surface area contributed by atoms with Crippen LogP contribution in [0.3, 0.4) is 0 Å². The van der Waals surface area contributed by atoms with Gasteiger partial charge in [-0.15, -0.1) is 0 Å². The zero-order valence-electron chi connectivity index (χ0n) is 22.6. The van der Waals surface area contributed by atoms with Crippen LogP contribution < -0.4 is 15.1 Å². The molecule has 1 aliphatic rings. The van der Waals surface area contributed by atoms with Crippen molar-refractivity contribution in [1.82, 2.24) is 5.32 Å². The lowest BCUT2D eigenvalue weighted by molar-refractivity contribution is 0.0949. The van der Waals surface area contributed by atoms with Crippen molar-refractivity contribution in [3.8, 4) is 0 Å². The van der Waals surface area contributed by atoms with Crippen LogP contribution in [-0.2, 0) is 6.54 Å². The Kier molecular flexibility index (Phi) is 8.03. The minimum atomic E-state index is -0.133. The summed E-state index contributed by atoms with van der Waals surface area (Å²) < 4.78 is 0. The lowest BCUT2D eigenvalue weighted by Gasteiger charge is -2.25. The van der Waals surface area contributed by atoms with Crippen molar-refractivity contribution in [2.45, 2.75) is 36.6 Å².